The number of thioether (sulfide) groups is 1. The normalized spacial score (nSPS) is 17.5. The van der Waals surface area contributed by atoms with Gasteiger partial charge in [0.05, 0.1) is 6.42 Å². The van der Waals surface area contributed by atoms with Crippen molar-refractivity contribution in [1.82, 2.24) is 9.80 Å². The van der Waals surface area contributed by atoms with Gasteiger partial charge in [-0.15, -0.1) is 11.8 Å². The Bertz CT molecular complexity index is 609. The SMILES string of the molecule is CCCC(=O)N1CCN(C(=O)Cc2ccc3c(c2)CCCS3)CC1. The fourth-order valence-electron chi connectivity index (χ4n) is 3.39. The maximum absolute atomic E-state index is 12.6. The lowest BCUT2D eigenvalue weighted by Crippen LogP contribution is -2.50. The third-order valence-corrected chi connectivity index (χ3v) is 5.98. The molecule has 2 aliphatic heterocycles. The summed E-state index contributed by atoms with van der Waals surface area (Å²) in [5.41, 5.74) is 2.51. The first-order valence-electron chi connectivity index (χ1n) is 8.97. The lowest BCUT2D eigenvalue weighted by molar-refractivity contribution is -0.139. The molecule has 4 nitrogen and oxygen atoms in total. The number of carbonyl (C=O) groups excluding carboxylic acids is 2. The van der Waals surface area contributed by atoms with Crippen LogP contribution in [0, 0.1) is 0 Å². The molecule has 2 heterocycles. The number of carbonyl (C=O) groups is 2. The summed E-state index contributed by atoms with van der Waals surface area (Å²) in [5, 5.41) is 0. The second-order valence-electron chi connectivity index (χ2n) is 6.58. The Balaban J connectivity index is 1.53. The smallest absolute Gasteiger partial charge is 0.227 e. The van der Waals surface area contributed by atoms with Crippen LogP contribution in [0.5, 0.6) is 0 Å². The van der Waals surface area contributed by atoms with Gasteiger partial charge in [-0.05, 0) is 42.2 Å². The number of fused-ring (bicyclic) bond motifs is 1. The Morgan fingerprint density at radius 2 is 1.79 bits per heavy atom. The topological polar surface area (TPSA) is 40.6 Å². The molecule has 0 radical (unpaired) electrons. The van der Waals surface area contributed by atoms with E-state index in [0.29, 0.717) is 39.0 Å². The molecule has 0 N–H and O–H groups in total. The lowest BCUT2D eigenvalue weighted by atomic mass is 10.0. The molecule has 0 spiro atoms. The summed E-state index contributed by atoms with van der Waals surface area (Å²) in [6.07, 6.45) is 4.32. The van der Waals surface area contributed by atoms with Crippen molar-refractivity contribution in [2.45, 2.75) is 43.9 Å². The molecule has 1 aromatic rings. The van der Waals surface area contributed by atoms with Gasteiger partial charge in [0, 0.05) is 37.5 Å². The van der Waals surface area contributed by atoms with Crippen LogP contribution < -0.4 is 0 Å². The average molecular weight is 346 g/mol. The van der Waals surface area contributed by atoms with Gasteiger partial charge in [-0.2, -0.15) is 0 Å². The van der Waals surface area contributed by atoms with E-state index in [2.05, 4.69) is 18.2 Å². The van der Waals surface area contributed by atoms with Crippen molar-refractivity contribution in [3.63, 3.8) is 0 Å². The van der Waals surface area contributed by atoms with Crippen molar-refractivity contribution in [3.05, 3.63) is 29.3 Å². The van der Waals surface area contributed by atoms with Crippen LogP contribution in [-0.2, 0) is 22.4 Å². The second-order valence-corrected chi connectivity index (χ2v) is 7.72. The van der Waals surface area contributed by atoms with Crippen LogP contribution in [0.4, 0.5) is 0 Å². The number of hydrogen-bond donors (Lipinski definition) is 0. The molecule has 0 unspecified atom stereocenters. The van der Waals surface area contributed by atoms with Crippen molar-refractivity contribution >= 4 is 23.6 Å². The summed E-state index contributed by atoms with van der Waals surface area (Å²) in [7, 11) is 0. The Hall–Kier alpha value is -1.49. The highest BCUT2D eigenvalue weighted by atomic mass is 32.2. The number of hydrogen-bond acceptors (Lipinski definition) is 3. The maximum Gasteiger partial charge on any atom is 0.227 e. The van der Waals surface area contributed by atoms with Crippen molar-refractivity contribution < 1.29 is 9.59 Å². The third kappa shape index (κ3) is 4.12. The third-order valence-electron chi connectivity index (χ3n) is 4.78. The molecule has 2 aliphatic rings. The van der Waals surface area contributed by atoms with Gasteiger partial charge in [0.15, 0.2) is 0 Å². The minimum Gasteiger partial charge on any atom is -0.339 e. The van der Waals surface area contributed by atoms with Crippen LogP contribution >= 0.6 is 11.8 Å². The van der Waals surface area contributed by atoms with Crippen LogP contribution in [-0.4, -0.2) is 53.5 Å². The van der Waals surface area contributed by atoms with Gasteiger partial charge in [-0.1, -0.05) is 19.1 Å². The van der Waals surface area contributed by atoms with E-state index < -0.39 is 0 Å². The summed E-state index contributed by atoms with van der Waals surface area (Å²) in [6.45, 7) is 4.69. The summed E-state index contributed by atoms with van der Waals surface area (Å²) in [6, 6.07) is 6.47. The highest BCUT2D eigenvalue weighted by Crippen LogP contribution is 2.30. The molecule has 0 aliphatic carbocycles. The van der Waals surface area contributed by atoms with Crippen molar-refractivity contribution in [1.29, 1.82) is 0 Å². The van der Waals surface area contributed by atoms with Crippen LogP contribution in [0.1, 0.15) is 37.3 Å². The Labute approximate surface area is 148 Å². The molecule has 0 atom stereocenters. The molecule has 3 rings (SSSR count). The number of amides is 2. The van der Waals surface area contributed by atoms with Crippen LogP contribution in [0.15, 0.2) is 23.1 Å². The molecule has 1 fully saturated rings. The predicted molar refractivity (Wildman–Crippen MR) is 97.3 cm³/mol. The monoisotopic (exact) mass is 346 g/mol. The van der Waals surface area contributed by atoms with Gasteiger partial charge in [-0.3, -0.25) is 9.59 Å². The Morgan fingerprint density at radius 1 is 1.08 bits per heavy atom. The molecule has 0 saturated carbocycles. The molecular weight excluding hydrogens is 320 g/mol. The summed E-state index contributed by atoms with van der Waals surface area (Å²) >= 11 is 1.92. The molecule has 0 aromatic heterocycles. The predicted octanol–water partition coefficient (Wildman–Crippen LogP) is 2.74. The number of rotatable bonds is 4. The van der Waals surface area contributed by atoms with E-state index in [-0.39, 0.29) is 11.8 Å². The molecule has 1 saturated heterocycles. The Morgan fingerprint density at radius 3 is 2.50 bits per heavy atom. The van der Waals surface area contributed by atoms with Crippen molar-refractivity contribution in [2.24, 2.45) is 0 Å². The van der Waals surface area contributed by atoms with Crippen LogP contribution in [0.3, 0.4) is 0 Å². The maximum atomic E-state index is 12.6. The van der Waals surface area contributed by atoms with E-state index in [4.69, 9.17) is 0 Å². The zero-order valence-electron chi connectivity index (χ0n) is 14.4. The number of benzene rings is 1. The number of nitrogens with zero attached hydrogens (tertiary/aromatic N) is 2. The van der Waals surface area contributed by atoms with E-state index in [1.165, 1.54) is 22.6 Å². The highest BCUT2D eigenvalue weighted by Gasteiger charge is 2.23. The van der Waals surface area contributed by atoms with Crippen LogP contribution in [0.25, 0.3) is 0 Å². The van der Waals surface area contributed by atoms with Crippen molar-refractivity contribution in [2.75, 3.05) is 31.9 Å². The first-order valence-corrected chi connectivity index (χ1v) is 9.96. The quantitative estimate of drug-likeness (QED) is 0.842. The molecule has 1 aromatic carbocycles. The molecule has 2 amide bonds. The van der Waals surface area contributed by atoms with Gasteiger partial charge in [0.1, 0.15) is 0 Å². The first-order chi connectivity index (χ1) is 11.7. The zero-order chi connectivity index (χ0) is 16.9. The van der Waals surface area contributed by atoms with E-state index in [1.54, 1.807) is 0 Å². The Kier molecular flexibility index (Phi) is 5.82. The highest BCUT2D eigenvalue weighted by molar-refractivity contribution is 7.99. The largest absolute Gasteiger partial charge is 0.339 e. The molecule has 24 heavy (non-hydrogen) atoms. The van der Waals surface area contributed by atoms with Crippen LogP contribution in [0.2, 0.25) is 0 Å². The minimum absolute atomic E-state index is 0.181. The molecule has 130 valence electrons. The summed E-state index contributed by atoms with van der Waals surface area (Å²) in [4.78, 5) is 29.7. The fourth-order valence-corrected chi connectivity index (χ4v) is 4.41. The molecular formula is C19H26N2O2S. The van der Waals surface area contributed by atoms with E-state index in [9.17, 15) is 9.59 Å². The summed E-state index contributed by atoms with van der Waals surface area (Å²) < 4.78 is 0. The van der Waals surface area contributed by atoms with E-state index in [0.717, 1.165) is 18.4 Å². The van der Waals surface area contributed by atoms with Gasteiger partial charge in [-0.25, -0.2) is 0 Å². The second kappa shape index (κ2) is 8.06. The zero-order valence-corrected chi connectivity index (χ0v) is 15.2. The van der Waals surface area contributed by atoms with E-state index >= 15 is 0 Å². The van der Waals surface area contributed by atoms with Gasteiger partial charge < -0.3 is 9.80 Å². The van der Waals surface area contributed by atoms with E-state index in [1.807, 2.05) is 28.5 Å². The van der Waals surface area contributed by atoms with Gasteiger partial charge in [0.25, 0.3) is 0 Å². The fraction of sp³-hybridized carbons (Fsp3) is 0.579. The van der Waals surface area contributed by atoms with Gasteiger partial charge in [0.2, 0.25) is 11.8 Å². The standard InChI is InChI=1S/C19H26N2O2S/c1-2-4-18(22)20-8-10-21(11-9-20)19(23)14-15-6-7-17-16(13-15)5-3-12-24-17/h6-7,13H,2-5,8-12,14H2,1H3. The summed E-state index contributed by atoms with van der Waals surface area (Å²) in [5.74, 6) is 1.60. The number of piperazine rings is 1. The average Bonchev–Trinajstić information content (AvgIpc) is 2.62. The van der Waals surface area contributed by atoms with Gasteiger partial charge >= 0.3 is 0 Å². The molecule has 5 heteroatoms. The molecule has 0 bridgehead atoms. The lowest BCUT2D eigenvalue weighted by Gasteiger charge is -2.35. The first kappa shape index (κ1) is 17.3. The minimum atomic E-state index is 0.181. The van der Waals surface area contributed by atoms with Crippen molar-refractivity contribution in [3.8, 4) is 0 Å². The number of aryl methyl sites for hydroxylation is 1.